The lowest BCUT2D eigenvalue weighted by molar-refractivity contribution is -0.126. The molecule has 6 nitrogen and oxygen atoms in total. The van der Waals surface area contributed by atoms with Crippen molar-refractivity contribution >= 4 is 5.91 Å². The molecule has 1 aromatic rings. The molecular formula is C13H18N4O2. The third kappa shape index (κ3) is 3.34. The fraction of sp³-hybridized carbons (Fsp3) is 0.538. The Bertz CT molecular complexity index is 452. The van der Waals surface area contributed by atoms with Gasteiger partial charge < -0.3 is 15.1 Å². The predicted molar refractivity (Wildman–Crippen MR) is 69.0 cm³/mol. The molecule has 1 aromatic heterocycles. The Morgan fingerprint density at radius 1 is 1.79 bits per heavy atom. The van der Waals surface area contributed by atoms with Gasteiger partial charge in [0.15, 0.2) is 0 Å². The Morgan fingerprint density at radius 2 is 2.63 bits per heavy atom. The molecule has 0 spiro atoms. The normalized spacial score (nSPS) is 21.6. The number of carbonyl (C=O) groups excluding carboxylic acids is 1. The molecule has 0 saturated carbocycles. The van der Waals surface area contributed by atoms with Crippen molar-refractivity contribution in [2.75, 3.05) is 19.6 Å². The zero-order valence-electron chi connectivity index (χ0n) is 10.9. The predicted octanol–water partition coefficient (Wildman–Crippen LogP) is 0.0817. The summed E-state index contributed by atoms with van der Waals surface area (Å²) in [5.41, 5.74) is 0. The highest BCUT2D eigenvalue weighted by molar-refractivity contribution is 5.81. The maximum Gasteiger partial charge on any atom is 0.237 e. The SMILES string of the molecule is CC(C(=O)NCc1ccco1)N1CCNCC1C#N. The number of hydrogen-bond acceptors (Lipinski definition) is 5. The molecule has 102 valence electrons. The van der Waals surface area contributed by atoms with Crippen LogP contribution in [0.15, 0.2) is 22.8 Å². The Hall–Kier alpha value is -1.84. The first-order valence-electron chi connectivity index (χ1n) is 6.38. The molecule has 0 bridgehead atoms. The van der Waals surface area contributed by atoms with Gasteiger partial charge in [-0.15, -0.1) is 0 Å². The molecule has 2 unspecified atom stereocenters. The monoisotopic (exact) mass is 262 g/mol. The molecule has 0 aromatic carbocycles. The molecule has 1 amide bonds. The molecule has 6 heteroatoms. The van der Waals surface area contributed by atoms with Crippen molar-refractivity contribution in [1.29, 1.82) is 5.26 Å². The van der Waals surface area contributed by atoms with Gasteiger partial charge in [-0.05, 0) is 19.1 Å². The van der Waals surface area contributed by atoms with Crippen molar-refractivity contribution in [3.8, 4) is 6.07 Å². The molecule has 1 fully saturated rings. The summed E-state index contributed by atoms with van der Waals surface area (Å²) < 4.78 is 5.16. The van der Waals surface area contributed by atoms with E-state index in [1.165, 1.54) is 0 Å². The third-order valence-electron chi connectivity index (χ3n) is 3.33. The zero-order chi connectivity index (χ0) is 13.7. The average molecular weight is 262 g/mol. The summed E-state index contributed by atoms with van der Waals surface area (Å²) in [6, 6.07) is 5.25. The van der Waals surface area contributed by atoms with Crippen LogP contribution in [0, 0.1) is 11.3 Å². The fourth-order valence-corrected chi connectivity index (χ4v) is 2.19. The summed E-state index contributed by atoms with van der Waals surface area (Å²) in [5.74, 6) is 0.635. The zero-order valence-corrected chi connectivity index (χ0v) is 10.9. The van der Waals surface area contributed by atoms with Crippen LogP contribution in [0.25, 0.3) is 0 Å². The number of hydrogen-bond donors (Lipinski definition) is 2. The van der Waals surface area contributed by atoms with Crippen molar-refractivity contribution in [2.45, 2.75) is 25.6 Å². The van der Waals surface area contributed by atoms with Gasteiger partial charge in [0.1, 0.15) is 11.8 Å². The van der Waals surface area contributed by atoms with Gasteiger partial charge in [0, 0.05) is 19.6 Å². The van der Waals surface area contributed by atoms with Crippen LogP contribution in [-0.2, 0) is 11.3 Å². The Kier molecular flexibility index (Phi) is 4.55. The first-order valence-corrected chi connectivity index (χ1v) is 6.38. The molecule has 2 rings (SSSR count). The second-order valence-electron chi connectivity index (χ2n) is 4.56. The van der Waals surface area contributed by atoms with Crippen LogP contribution in [0.3, 0.4) is 0 Å². The number of amides is 1. The largest absolute Gasteiger partial charge is 0.467 e. The summed E-state index contributed by atoms with van der Waals surface area (Å²) in [6.07, 6.45) is 1.58. The molecule has 2 N–H and O–H groups in total. The second kappa shape index (κ2) is 6.36. The minimum atomic E-state index is -0.318. The van der Waals surface area contributed by atoms with Crippen LogP contribution in [0.2, 0.25) is 0 Å². The lowest BCUT2D eigenvalue weighted by Gasteiger charge is -2.35. The second-order valence-corrected chi connectivity index (χ2v) is 4.56. The average Bonchev–Trinajstić information content (AvgIpc) is 2.97. The van der Waals surface area contributed by atoms with Crippen LogP contribution < -0.4 is 10.6 Å². The molecule has 0 aliphatic carbocycles. The fourth-order valence-electron chi connectivity index (χ4n) is 2.19. The van der Waals surface area contributed by atoms with E-state index in [4.69, 9.17) is 9.68 Å². The van der Waals surface area contributed by atoms with E-state index in [9.17, 15) is 4.79 Å². The van der Waals surface area contributed by atoms with Crippen LogP contribution in [0.4, 0.5) is 0 Å². The molecule has 1 aliphatic heterocycles. The van der Waals surface area contributed by atoms with Crippen molar-refractivity contribution < 1.29 is 9.21 Å². The minimum absolute atomic E-state index is 0.0847. The molecule has 2 atom stereocenters. The number of carbonyl (C=O) groups is 1. The first kappa shape index (κ1) is 13.6. The lowest BCUT2D eigenvalue weighted by atomic mass is 10.1. The number of piperazine rings is 1. The highest BCUT2D eigenvalue weighted by Gasteiger charge is 2.29. The Balaban J connectivity index is 1.89. The van der Waals surface area contributed by atoms with E-state index in [0.717, 1.165) is 12.3 Å². The molecule has 1 aliphatic rings. The van der Waals surface area contributed by atoms with Gasteiger partial charge in [-0.2, -0.15) is 5.26 Å². The first-order chi connectivity index (χ1) is 9.22. The number of furan rings is 1. The van der Waals surface area contributed by atoms with Gasteiger partial charge in [-0.1, -0.05) is 0 Å². The van der Waals surface area contributed by atoms with Crippen molar-refractivity contribution in [3.05, 3.63) is 24.2 Å². The van der Waals surface area contributed by atoms with Gasteiger partial charge in [0.05, 0.1) is 24.9 Å². The molecule has 19 heavy (non-hydrogen) atoms. The Morgan fingerprint density at radius 3 is 3.32 bits per heavy atom. The van der Waals surface area contributed by atoms with E-state index >= 15 is 0 Å². The van der Waals surface area contributed by atoms with Crippen LogP contribution in [0.5, 0.6) is 0 Å². The number of rotatable bonds is 4. The van der Waals surface area contributed by atoms with Gasteiger partial charge in [0.25, 0.3) is 0 Å². The number of nitriles is 1. The van der Waals surface area contributed by atoms with Crippen LogP contribution in [0.1, 0.15) is 12.7 Å². The van der Waals surface area contributed by atoms with Crippen molar-refractivity contribution in [1.82, 2.24) is 15.5 Å². The van der Waals surface area contributed by atoms with E-state index in [1.807, 2.05) is 17.9 Å². The number of nitrogens with zero attached hydrogens (tertiary/aromatic N) is 2. The van der Waals surface area contributed by atoms with Gasteiger partial charge in [-0.3, -0.25) is 9.69 Å². The highest BCUT2D eigenvalue weighted by atomic mass is 16.3. The standard InChI is InChI=1S/C13H18N4O2/c1-10(17-5-4-15-8-11(17)7-14)13(18)16-9-12-3-2-6-19-12/h2-3,6,10-11,15H,4-5,8-9H2,1H3,(H,16,18). The molecule has 2 heterocycles. The van der Waals surface area contributed by atoms with E-state index in [1.54, 1.807) is 12.3 Å². The maximum absolute atomic E-state index is 12.1. The van der Waals surface area contributed by atoms with Crippen molar-refractivity contribution in [2.24, 2.45) is 0 Å². The van der Waals surface area contributed by atoms with Gasteiger partial charge >= 0.3 is 0 Å². The molecule has 0 radical (unpaired) electrons. The highest BCUT2D eigenvalue weighted by Crippen LogP contribution is 2.08. The Labute approximate surface area is 112 Å². The van der Waals surface area contributed by atoms with Crippen LogP contribution >= 0.6 is 0 Å². The van der Waals surface area contributed by atoms with E-state index in [2.05, 4.69) is 16.7 Å². The van der Waals surface area contributed by atoms with E-state index in [-0.39, 0.29) is 18.0 Å². The third-order valence-corrected chi connectivity index (χ3v) is 3.33. The number of nitrogens with one attached hydrogen (secondary N) is 2. The lowest BCUT2D eigenvalue weighted by Crippen LogP contribution is -2.57. The molecular weight excluding hydrogens is 244 g/mol. The van der Waals surface area contributed by atoms with E-state index < -0.39 is 0 Å². The summed E-state index contributed by atoms with van der Waals surface area (Å²) in [4.78, 5) is 14.0. The van der Waals surface area contributed by atoms with Gasteiger partial charge in [-0.25, -0.2) is 0 Å². The summed E-state index contributed by atoms with van der Waals surface area (Å²) >= 11 is 0. The molecule has 1 saturated heterocycles. The van der Waals surface area contributed by atoms with E-state index in [0.29, 0.717) is 19.6 Å². The minimum Gasteiger partial charge on any atom is -0.467 e. The van der Waals surface area contributed by atoms with Crippen molar-refractivity contribution in [3.63, 3.8) is 0 Å². The maximum atomic E-state index is 12.1. The smallest absolute Gasteiger partial charge is 0.237 e. The quantitative estimate of drug-likeness (QED) is 0.803. The topological polar surface area (TPSA) is 81.3 Å². The summed E-state index contributed by atoms with van der Waals surface area (Å²) in [7, 11) is 0. The summed E-state index contributed by atoms with van der Waals surface area (Å²) in [5, 5.41) is 15.1. The summed E-state index contributed by atoms with van der Waals surface area (Å²) in [6.45, 7) is 4.31. The van der Waals surface area contributed by atoms with Gasteiger partial charge in [0.2, 0.25) is 5.91 Å². The van der Waals surface area contributed by atoms with Crippen LogP contribution in [-0.4, -0.2) is 42.5 Å².